The van der Waals surface area contributed by atoms with Crippen molar-refractivity contribution in [3.63, 3.8) is 0 Å². The lowest BCUT2D eigenvalue weighted by atomic mass is 9.81. The van der Waals surface area contributed by atoms with Crippen LogP contribution in [0.3, 0.4) is 0 Å². The minimum Gasteiger partial charge on any atom is -0.309 e. The quantitative estimate of drug-likeness (QED) is 0.159. The lowest BCUT2D eigenvalue weighted by Gasteiger charge is -2.35. The fraction of sp³-hybridized carbons (Fsp3) is 0.0175. The molecule has 20 aromatic carbocycles. The number of rotatable bonds is 7. The van der Waals surface area contributed by atoms with Crippen LogP contribution < -0.4 is 4.90 Å². The summed E-state index contributed by atoms with van der Waals surface area (Å²) in [6.07, 6.45) is 1.03. The second-order valence-corrected chi connectivity index (χ2v) is 32.3. The molecule has 0 saturated heterocycles. The van der Waals surface area contributed by atoms with Gasteiger partial charge in [-0.2, -0.15) is 0 Å². The van der Waals surface area contributed by atoms with E-state index in [4.69, 9.17) is 19.9 Å². The molecule has 0 bridgehead atoms. The number of nitrogens with zero attached hydrogens (tertiary/aromatic N) is 7. The van der Waals surface area contributed by atoms with Crippen LogP contribution in [0.15, 0.2) is 417 Å². The van der Waals surface area contributed by atoms with E-state index in [2.05, 4.69) is 406 Å². The minimum atomic E-state index is 0. The van der Waals surface area contributed by atoms with Crippen LogP contribution in [0.4, 0.5) is 17.1 Å². The van der Waals surface area contributed by atoms with E-state index >= 15 is 0 Å². The van der Waals surface area contributed by atoms with Gasteiger partial charge in [-0.25, -0.2) is 19.9 Å². The zero-order chi connectivity index (χ0) is 79.8. The summed E-state index contributed by atoms with van der Waals surface area (Å²) in [6, 6.07) is 148. The Morgan fingerprint density at radius 3 is 1.22 bits per heavy atom. The molecule has 572 valence electrons. The molecular weight excluding hydrogens is 1550 g/mol. The Morgan fingerprint density at radius 2 is 0.631 bits per heavy atom. The van der Waals surface area contributed by atoms with Crippen molar-refractivity contribution in [1.82, 2.24) is 29.1 Å². The molecule has 0 fully saturated rings. The Morgan fingerprint density at radius 1 is 0.238 bits per heavy atom. The Labute approximate surface area is 712 Å². The maximum Gasteiger partial charge on any atom is 0.0979 e. The molecule has 4 aromatic heterocycles. The molecule has 0 atom stereocenters. The first-order valence-electron chi connectivity index (χ1n) is 41.2. The van der Waals surface area contributed by atoms with Gasteiger partial charge in [-0.3, -0.25) is 0 Å². The fourth-order valence-electron chi connectivity index (χ4n) is 19.5. The summed E-state index contributed by atoms with van der Waals surface area (Å²) < 4.78 is 5.76. The van der Waals surface area contributed by atoms with Crippen LogP contribution in [0.5, 0.6) is 0 Å². The second-order valence-electron chi connectivity index (χ2n) is 31.5. The number of aromatic nitrogens is 6. The summed E-state index contributed by atoms with van der Waals surface area (Å²) in [7, 11) is 0. The second kappa shape index (κ2) is 29.2. The summed E-state index contributed by atoms with van der Waals surface area (Å²) in [5.41, 5.74) is 29.8. The number of hydrogen-bond acceptors (Lipinski definition) is 5. The maximum absolute atomic E-state index is 5.47. The average Bonchev–Trinajstić information content (AvgIpc) is 1.04. The first-order valence-corrected chi connectivity index (χ1v) is 42.0. The van der Waals surface area contributed by atoms with Crippen molar-refractivity contribution in [3.8, 4) is 78.7 Å². The first-order chi connectivity index (χ1) is 60.0. The van der Waals surface area contributed by atoms with E-state index in [-0.39, 0.29) is 7.43 Å². The molecule has 5 heterocycles. The first kappa shape index (κ1) is 71.8. The average molecular weight is 1620 g/mol. The van der Waals surface area contributed by atoms with Crippen molar-refractivity contribution in [2.24, 2.45) is 0 Å². The van der Waals surface area contributed by atoms with E-state index in [9.17, 15) is 0 Å². The summed E-state index contributed by atoms with van der Waals surface area (Å²) in [4.78, 5) is 23.8. The third kappa shape index (κ3) is 11.6. The van der Waals surface area contributed by atoms with Crippen LogP contribution in [0.1, 0.15) is 18.6 Å². The van der Waals surface area contributed by atoms with Crippen molar-refractivity contribution in [2.45, 2.75) is 13.8 Å². The van der Waals surface area contributed by atoms with Gasteiger partial charge in [0.25, 0.3) is 0 Å². The van der Waals surface area contributed by atoms with E-state index in [1.165, 1.54) is 126 Å². The molecule has 1 aliphatic carbocycles. The lowest BCUT2D eigenvalue weighted by molar-refractivity contribution is 1.18. The van der Waals surface area contributed by atoms with Crippen LogP contribution in [0.2, 0.25) is 0 Å². The van der Waals surface area contributed by atoms with E-state index in [0.29, 0.717) is 0 Å². The Kier molecular flexibility index (Phi) is 17.2. The van der Waals surface area contributed by atoms with Crippen LogP contribution in [0.25, 0.3) is 209 Å². The molecule has 2 aliphatic rings. The zero-order valence-corrected chi connectivity index (χ0v) is 67.1. The highest BCUT2D eigenvalue weighted by atomic mass is 79.9. The maximum atomic E-state index is 5.47. The molecule has 0 spiro atoms. The highest BCUT2D eigenvalue weighted by Gasteiger charge is 2.31. The van der Waals surface area contributed by atoms with E-state index in [1.54, 1.807) is 0 Å². The number of fused-ring (bicyclic) bond motifs is 18. The third-order valence-electron chi connectivity index (χ3n) is 24.8. The largest absolute Gasteiger partial charge is 0.309 e. The predicted molar refractivity (Wildman–Crippen MR) is 517 cm³/mol. The molecule has 0 N–H and O–H groups in total. The van der Waals surface area contributed by atoms with Gasteiger partial charge in [0, 0.05) is 81.4 Å². The van der Waals surface area contributed by atoms with Gasteiger partial charge in [0.1, 0.15) is 0 Å². The summed E-state index contributed by atoms with van der Waals surface area (Å²) >= 11 is 3.74. The van der Waals surface area contributed by atoms with Crippen LogP contribution in [0, 0.1) is 0 Å². The molecule has 24 aromatic rings. The third-order valence-corrected chi connectivity index (χ3v) is 25.5. The molecule has 26 rings (SSSR count). The molecule has 1 aliphatic heterocycles. The fourth-order valence-corrected chi connectivity index (χ4v) is 20.0. The topological polar surface area (TPSA) is 64.7 Å². The molecule has 0 saturated carbocycles. The van der Waals surface area contributed by atoms with Crippen molar-refractivity contribution in [2.75, 3.05) is 4.90 Å². The van der Waals surface area contributed by atoms with Gasteiger partial charge in [0.2, 0.25) is 0 Å². The predicted octanol–water partition coefficient (Wildman–Crippen LogP) is 31.1. The van der Waals surface area contributed by atoms with Gasteiger partial charge in [-0.05, 0) is 186 Å². The van der Waals surface area contributed by atoms with Crippen molar-refractivity contribution >= 4 is 163 Å². The van der Waals surface area contributed by atoms with Crippen LogP contribution in [-0.4, -0.2) is 29.1 Å². The van der Waals surface area contributed by atoms with E-state index < -0.39 is 0 Å². The van der Waals surface area contributed by atoms with Crippen molar-refractivity contribution < 1.29 is 0 Å². The van der Waals surface area contributed by atoms with Crippen molar-refractivity contribution in [3.05, 3.63) is 428 Å². The van der Waals surface area contributed by atoms with Gasteiger partial charge < -0.3 is 14.0 Å². The number of para-hydroxylation sites is 8. The van der Waals surface area contributed by atoms with Crippen LogP contribution in [-0.2, 0) is 6.42 Å². The van der Waals surface area contributed by atoms with Crippen LogP contribution >= 0.6 is 15.9 Å². The van der Waals surface area contributed by atoms with Gasteiger partial charge in [0.15, 0.2) is 0 Å². The molecule has 0 amide bonds. The lowest BCUT2D eigenvalue weighted by Crippen LogP contribution is -2.16. The Bertz CT molecular complexity index is 8410. The highest BCUT2D eigenvalue weighted by molar-refractivity contribution is 9.10. The number of benzene rings is 20. The molecule has 8 heteroatoms. The molecule has 7 nitrogen and oxygen atoms in total. The normalized spacial score (nSPS) is 12.0. The standard InChI is InChI=1S/C56H34N4.C36H22BrN3.C21H14.CH4/c1-2-17-38(18-3-1)59-49-27-9-6-20-42(49)46-34-37(31-33-51(46)59)54-55(58-48-26-8-7-25-47(48)57-54)44-24-12-22-41-40(44)21-13-28-50(41)60-52-29-11-16-36-15-10-23-43(53(36)52)45-32-30-35-14-4-5-19-39(35)56(45)60;37-30-16-9-13-25-26(30)14-8-15-28(25)36-35(38-31-17-5-6-18-32(31)39-36)23-20-21-34-29(22-23)27-12-4-7-19-33(27)40(34)24-10-2-1-3-11-24;1-2-9-17-14(5-1)11-12-18-19-10-4-7-15-6-3-8-16(21(15)19)13-20(17)18;/h1-34H;1-22H;1-12H,13H2;1H4. The number of hydrogen-bond donors (Lipinski definition) is 0. The molecular formula is C114H74BrN7. The molecule has 122 heavy (non-hydrogen) atoms. The minimum absolute atomic E-state index is 0. The van der Waals surface area contributed by atoms with E-state index in [0.717, 1.165) is 122 Å². The SMILES string of the molecule is Brc1cccc2c(-c3nc4ccccc4nc3-c3ccc4c(c3)c3ccccc3n4-c3ccccc3)cccc12.C.c1ccc(-n2c3ccccc3c3cc(-c4nc5ccccc5nc4-c4cccc5c(N6c7c(ccc8ccccc78)-c7cccc8cccc6c78)cccc45)ccc32)cc1.c1ccc2c3c(ccc2c1)-c1cccc2cccc(c12)C3. The number of anilines is 3. The Balaban J connectivity index is 0.000000119. The van der Waals surface area contributed by atoms with Crippen molar-refractivity contribution in [1.29, 1.82) is 0 Å². The molecule has 0 unspecified atom stereocenters. The van der Waals surface area contributed by atoms with Gasteiger partial charge >= 0.3 is 0 Å². The van der Waals surface area contributed by atoms with Gasteiger partial charge in [0.05, 0.1) is 84.0 Å². The van der Waals surface area contributed by atoms with Gasteiger partial charge in [-0.1, -0.05) is 333 Å². The van der Waals surface area contributed by atoms with E-state index in [1.807, 2.05) is 36.4 Å². The summed E-state index contributed by atoms with van der Waals surface area (Å²) in [5.74, 6) is 0. The molecule has 0 radical (unpaired) electrons. The summed E-state index contributed by atoms with van der Waals surface area (Å²) in [6.45, 7) is 0. The van der Waals surface area contributed by atoms with Gasteiger partial charge in [-0.15, -0.1) is 0 Å². The Hall–Kier alpha value is -15.5. The summed E-state index contributed by atoms with van der Waals surface area (Å²) in [5, 5.41) is 19.8. The monoisotopic (exact) mass is 1620 g/mol. The number of halogens is 1. The smallest absolute Gasteiger partial charge is 0.0979 e. The zero-order valence-electron chi connectivity index (χ0n) is 65.5. The highest BCUT2D eigenvalue weighted by Crippen LogP contribution is 2.56.